The standard InChI is InChI=1S/C13H10BClF2O3/c15-11-6-10(16)3-4-13(11)20-7-8-1-2-9(14(18)19)5-12(8)17/h1-6,18-19H,7H2. The van der Waals surface area contributed by atoms with Gasteiger partial charge < -0.3 is 14.8 Å². The van der Waals surface area contributed by atoms with Crippen molar-refractivity contribution in [3.05, 3.63) is 58.6 Å². The predicted molar refractivity (Wildman–Crippen MR) is 72.0 cm³/mol. The Kier molecular flexibility index (Phi) is 4.59. The third-order valence-electron chi connectivity index (χ3n) is 2.65. The highest BCUT2D eigenvalue weighted by molar-refractivity contribution is 6.58. The summed E-state index contributed by atoms with van der Waals surface area (Å²) in [5, 5.41) is 17.9. The van der Waals surface area contributed by atoms with Crippen LogP contribution in [-0.2, 0) is 6.61 Å². The lowest BCUT2D eigenvalue weighted by Gasteiger charge is -2.09. The molecule has 2 rings (SSSR count). The molecule has 0 aromatic heterocycles. The molecule has 0 spiro atoms. The van der Waals surface area contributed by atoms with Crippen LogP contribution in [0.25, 0.3) is 0 Å². The third-order valence-corrected chi connectivity index (χ3v) is 2.95. The quantitative estimate of drug-likeness (QED) is 0.847. The Labute approximate surface area is 119 Å². The van der Waals surface area contributed by atoms with Crippen LogP contribution in [0.1, 0.15) is 5.56 Å². The van der Waals surface area contributed by atoms with E-state index in [1.165, 1.54) is 24.3 Å². The van der Waals surface area contributed by atoms with Gasteiger partial charge in [0.05, 0.1) is 5.02 Å². The summed E-state index contributed by atoms with van der Waals surface area (Å²) in [7, 11) is -1.73. The molecule has 2 aromatic rings. The Morgan fingerprint density at radius 2 is 1.85 bits per heavy atom. The number of benzene rings is 2. The first-order valence-corrected chi connectivity index (χ1v) is 6.07. The van der Waals surface area contributed by atoms with E-state index in [0.29, 0.717) is 0 Å². The maximum Gasteiger partial charge on any atom is 0.488 e. The highest BCUT2D eigenvalue weighted by atomic mass is 35.5. The molecule has 0 atom stereocenters. The van der Waals surface area contributed by atoms with E-state index in [0.717, 1.165) is 12.1 Å². The van der Waals surface area contributed by atoms with Crippen molar-refractivity contribution in [1.82, 2.24) is 0 Å². The molecular formula is C13H10BClF2O3. The Morgan fingerprint density at radius 1 is 1.10 bits per heavy atom. The minimum absolute atomic E-state index is 0.0473. The molecule has 0 bridgehead atoms. The molecule has 2 N–H and O–H groups in total. The van der Waals surface area contributed by atoms with Crippen molar-refractivity contribution in [2.24, 2.45) is 0 Å². The van der Waals surface area contributed by atoms with Gasteiger partial charge >= 0.3 is 7.12 Å². The normalized spacial score (nSPS) is 10.4. The van der Waals surface area contributed by atoms with Gasteiger partial charge in [0, 0.05) is 5.56 Å². The smallest absolute Gasteiger partial charge is 0.487 e. The molecule has 0 unspecified atom stereocenters. The summed E-state index contributed by atoms with van der Waals surface area (Å²) in [6.45, 7) is -0.112. The lowest BCUT2D eigenvalue weighted by atomic mass is 9.80. The molecule has 0 saturated heterocycles. The van der Waals surface area contributed by atoms with Gasteiger partial charge in [0.1, 0.15) is 24.0 Å². The fraction of sp³-hybridized carbons (Fsp3) is 0.0769. The van der Waals surface area contributed by atoms with Crippen molar-refractivity contribution in [1.29, 1.82) is 0 Å². The molecule has 0 aliphatic heterocycles. The fourth-order valence-corrected chi connectivity index (χ4v) is 1.81. The summed E-state index contributed by atoms with van der Waals surface area (Å²) in [5.41, 5.74) is 0.265. The average Bonchev–Trinajstić information content (AvgIpc) is 2.38. The maximum absolute atomic E-state index is 13.7. The van der Waals surface area contributed by atoms with E-state index in [2.05, 4.69) is 0 Å². The highest BCUT2D eigenvalue weighted by Gasteiger charge is 2.14. The lowest BCUT2D eigenvalue weighted by molar-refractivity contribution is 0.299. The molecule has 0 radical (unpaired) electrons. The second-order valence-corrected chi connectivity index (χ2v) is 4.50. The molecule has 0 aliphatic carbocycles. The fourth-order valence-electron chi connectivity index (χ4n) is 1.59. The van der Waals surface area contributed by atoms with E-state index in [1.54, 1.807) is 0 Å². The monoisotopic (exact) mass is 298 g/mol. The van der Waals surface area contributed by atoms with Crippen LogP contribution in [0.3, 0.4) is 0 Å². The second kappa shape index (κ2) is 6.22. The minimum atomic E-state index is -1.73. The van der Waals surface area contributed by atoms with Gasteiger partial charge in [-0.15, -0.1) is 0 Å². The Balaban J connectivity index is 2.11. The Bertz CT molecular complexity index is 623. The molecule has 7 heteroatoms. The van der Waals surface area contributed by atoms with Crippen LogP contribution in [0, 0.1) is 11.6 Å². The summed E-state index contributed by atoms with van der Waals surface area (Å²) in [5.74, 6) is -0.887. The summed E-state index contributed by atoms with van der Waals surface area (Å²) >= 11 is 5.78. The van der Waals surface area contributed by atoms with Gasteiger partial charge in [-0.3, -0.25) is 0 Å². The summed E-state index contributed by atoms with van der Waals surface area (Å²) in [6.07, 6.45) is 0. The maximum atomic E-state index is 13.7. The van der Waals surface area contributed by atoms with E-state index in [-0.39, 0.29) is 28.4 Å². The van der Waals surface area contributed by atoms with Gasteiger partial charge in [-0.25, -0.2) is 8.78 Å². The average molecular weight is 298 g/mol. The number of hydrogen-bond acceptors (Lipinski definition) is 3. The van der Waals surface area contributed by atoms with Crippen LogP contribution in [0.5, 0.6) is 5.75 Å². The van der Waals surface area contributed by atoms with Gasteiger partial charge in [-0.05, 0) is 29.7 Å². The molecule has 2 aromatic carbocycles. The molecule has 0 aliphatic rings. The largest absolute Gasteiger partial charge is 0.488 e. The van der Waals surface area contributed by atoms with Crippen molar-refractivity contribution in [3.63, 3.8) is 0 Å². The third kappa shape index (κ3) is 3.48. The van der Waals surface area contributed by atoms with E-state index in [4.69, 9.17) is 26.4 Å². The molecule has 0 amide bonds. The van der Waals surface area contributed by atoms with Gasteiger partial charge in [0.25, 0.3) is 0 Å². The molecular weight excluding hydrogens is 288 g/mol. The van der Waals surface area contributed by atoms with Crippen molar-refractivity contribution < 1.29 is 23.6 Å². The van der Waals surface area contributed by atoms with Crippen LogP contribution in [-0.4, -0.2) is 17.2 Å². The molecule has 0 fully saturated rings. The van der Waals surface area contributed by atoms with Crippen molar-refractivity contribution in [3.8, 4) is 5.75 Å². The van der Waals surface area contributed by atoms with Gasteiger partial charge in [-0.2, -0.15) is 0 Å². The Hall–Kier alpha value is -1.63. The zero-order chi connectivity index (χ0) is 14.7. The first-order chi connectivity index (χ1) is 9.47. The van der Waals surface area contributed by atoms with E-state index in [1.807, 2.05) is 0 Å². The first kappa shape index (κ1) is 14.8. The van der Waals surface area contributed by atoms with Crippen LogP contribution in [0.4, 0.5) is 8.78 Å². The summed E-state index contributed by atoms with van der Waals surface area (Å²) < 4.78 is 31.8. The number of ether oxygens (including phenoxy) is 1. The summed E-state index contributed by atoms with van der Waals surface area (Å²) in [4.78, 5) is 0. The highest BCUT2D eigenvalue weighted by Crippen LogP contribution is 2.25. The first-order valence-electron chi connectivity index (χ1n) is 5.69. The minimum Gasteiger partial charge on any atom is -0.487 e. The van der Waals surface area contributed by atoms with Crippen molar-refractivity contribution in [2.75, 3.05) is 0 Å². The van der Waals surface area contributed by atoms with E-state index < -0.39 is 18.8 Å². The molecule has 104 valence electrons. The van der Waals surface area contributed by atoms with Crippen LogP contribution in [0.2, 0.25) is 5.02 Å². The lowest BCUT2D eigenvalue weighted by Crippen LogP contribution is -2.30. The van der Waals surface area contributed by atoms with Crippen LogP contribution >= 0.6 is 11.6 Å². The zero-order valence-corrected chi connectivity index (χ0v) is 10.9. The molecule has 3 nitrogen and oxygen atoms in total. The topological polar surface area (TPSA) is 49.7 Å². The van der Waals surface area contributed by atoms with Crippen LogP contribution < -0.4 is 10.2 Å². The van der Waals surface area contributed by atoms with Crippen LogP contribution in [0.15, 0.2) is 36.4 Å². The molecule has 20 heavy (non-hydrogen) atoms. The van der Waals surface area contributed by atoms with Gasteiger partial charge in [-0.1, -0.05) is 23.7 Å². The summed E-state index contributed by atoms with van der Waals surface area (Å²) in [6, 6.07) is 7.39. The molecule has 0 heterocycles. The van der Waals surface area contributed by atoms with E-state index >= 15 is 0 Å². The number of rotatable bonds is 4. The molecule has 0 saturated carbocycles. The van der Waals surface area contributed by atoms with Gasteiger partial charge in [0.15, 0.2) is 0 Å². The number of hydrogen-bond donors (Lipinski definition) is 2. The number of halogens is 3. The van der Waals surface area contributed by atoms with Crippen molar-refractivity contribution >= 4 is 24.2 Å². The van der Waals surface area contributed by atoms with Gasteiger partial charge in [0.2, 0.25) is 0 Å². The van der Waals surface area contributed by atoms with Crippen molar-refractivity contribution in [2.45, 2.75) is 6.61 Å². The second-order valence-electron chi connectivity index (χ2n) is 4.09. The Morgan fingerprint density at radius 3 is 2.45 bits per heavy atom. The SMILES string of the molecule is OB(O)c1ccc(COc2ccc(F)cc2Cl)c(F)c1. The predicted octanol–water partition coefficient (Wildman–Crippen LogP) is 1.88. The van der Waals surface area contributed by atoms with E-state index in [9.17, 15) is 8.78 Å². The zero-order valence-electron chi connectivity index (χ0n) is 10.2.